The Hall–Kier alpha value is -1.09. The lowest BCUT2D eigenvalue weighted by Crippen LogP contribution is -2.26. The van der Waals surface area contributed by atoms with Crippen LogP contribution in [0.1, 0.15) is 39.2 Å². The monoisotopic (exact) mass is 247 g/mol. The lowest BCUT2D eigenvalue weighted by Gasteiger charge is -2.22. The van der Waals surface area contributed by atoms with Crippen LogP contribution >= 0.6 is 0 Å². The molecule has 1 aliphatic carbocycles. The minimum absolute atomic E-state index is 0.520. The molecule has 0 radical (unpaired) electrons. The Kier molecular flexibility index (Phi) is 4.59. The van der Waals surface area contributed by atoms with Crippen LogP contribution in [0.15, 0.2) is 18.3 Å². The number of hydrogen-bond acceptors (Lipinski definition) is 3. The summed E-state index contributed by atoms with van der Waals surface area (Å²) in [5.74, 6) is 2.03. The van der Waals surface area contributed by atoms with Gasteiger partial charge in [-0.15, -0.1) is 0 Å². The summed E-state index contributed by atoms with van der Waals surface area (Å²) in [4.78, 5) is 6.98. The molecular formula is C15H25N3. The first-order chi connectivity index (χ1) is 8.69. The topological polar surface area (TPSA) is 28.2 Å². The molecule has 1 aromatic heterocycles. The summed E-state index contributed by atoms with van der Waals surface area (Å²) in [5.41, 5.74) is 1.26. The van der Waals surface area contributed by atoms with Crippen molar-refractivity contribution < 1.29 is 0 Å². The molecule has 100 valence electrons. The summed E-state index contributed by atoms with van der Waals surface area (Å²) in [6.45, 7) is 9.66. The van der Waals surface area contributed by atoms with Crippen LogP contribution in [-0.4, -0.2) is 24.1 Å². The van der Waals surface area contributed by atoms with Crippen LogP contribution in [0.25, 0.3) is 0 Å². The third kappa shape index (κ3) is 3.98. The molecule has 1 heterocycles. The third-order valence-electron chi connectivity index (χ3n) is 3.40. The van der Waals surface area contributed by atoms with Gasteiger partial charge in [0.15, 0.2) is 0 Å². The van der Waals surface area contributed by atoms with E-state index >= 15 is 0 Å². The highest BCUT2D eigenvalue weighted by atomic mass is 15.2. The minimum Gasteiger partial charge on any atom is -0.357 e. The first kappa shape index (κ1) is 13.3. The summed E-state index contributed by atoms with van der Waals surface area (Å²) < 4.78 is 0. The SMILES string of the molecule is CCN(CC1CC1)c1ccc(CNC(C)C)cn1. The van der Waals surface area contributed by atoms with Gasteiger partial charge in [0, 0.05) is 31.9 Å². The fraction of sp³-hybridized carbons (Fsp3) is 0.667. The fourth-order valence-electron chi connectivity index (χ4n) is 2.03. The molecule has 0 bridgehead atoms. The minimum atomic E-state index is 0.520. The van der Waals surface area contributed by atoms with Crippen molar-refractivity contribution in [1.82, 2.24) is 10.3 Å². The van der Waals surface area contributed by atoms with E-state index in [1.54, 1.807) is 0 Å². The van der Waals surface area contributed by atoms with Crippen molar-refractivity contribution in [1.29, 1.82) is 0 Å². The summed E-state index contributed by atoms with van der Waals surface area (Å²) in [5, 5.41) is 3.41. The molecular weight excluding hydrogens is 222 g/mol. The Labute approximate surface area is 111 Å². The van der Waals surface area contributed by atoms with Crippen molar-refractivity contribution >= 4 is 5.82 Å². The quantitative estimate of drug-likeness (QED) is 0.803. The molecule has 1 aromatic rings. The Balaban J connectivity index is 1.92. The molecule has 0 aromatic carbocycles. The van der Waals surface area contributed by atoms with E-state index in [-0.39, 0.29) is 0 Å². The van der Waals surface area contributed by atoms with Gasteiger partial charge >= 0.3 is 0 Å². The number of aromatic nitrogens is 1. The molecule has 0 unspecified atom stereocenters. The molecule has 1 saturated carbocycles. The van der Waals surface area contributed by atoms with E-state index in [4.69, 9.17) is 0 Å². The van der Waals surface area contributed by atoms with E-state index in [0.717, 1.165) is 24.8 Å². The van der Waals surface area contributed by atoms with E-state index in [1.165, 1.54) is 24.9 Å². The second-order valence-electron chi connectivity index (χ2n) is 5.54. The van der Waals surface area contributed by atoms with Gasteiger partial charge in [0.1, 0.15) is 5.82 Å². The number of rotatable bonds is 7. The molecule has 1 N–H and O–H groups in total. The van der Waals surface area contributed by atoms with Crippen molar-refractivity contribution in [2.75, 3.05) is 18.0 Å². The van der Waals surface area contributed by atoms with Gasteiger partial charge < -0.3 is 10.2 Å². The molecule has 3 nitrogen and oxygen atoms in total. The summed E-state index contributed by atoms with van der Waals surface area (Å²) in [7, 11) is 0. The van der Waals surface area contributed by atoms with Gasteiger partial charge in [-0.25, -0.2) is 4.98 Å². The van der Waals surface area contributed by atoms with Gasteiger partial charge in [0.2, 0.25) is 0 Å². The van der Waals surface area contributed by atoms with Crippen molar-refractivity contribution in [2.45, 2.75) is 46.2 Å². The standard InChI is InChI=1S/C15H25N3/c1-4-18(11-13-5-6-13)15-8-7-14(10-17-15)9-16-12(2)3/h7-8,10,12-13,16H,4-6,9,11H2,1-3H3. The van der Waals surface area contributed by atoms with Gasteiger partial charge in [-0.2, -0.15) is 0 Å². The summed E-state index contributed by atoms with van der Waals surface area (Å²) >= 11 is 0. The largest absolute Gasteiger partial charge is 0.357 e. The number of pyridine rings is 1. The van der Waals surface area contributed by atoms with E-state index in [2.05, 4.69) is 48.1 Å². The zero-order valence-corrected chi connectivity index (χ0v) is 11.8. The molecule has 0 spiro atoms. The van der Waals surface area contributed by atoms with E-state index in [1.807, 2.05) is 6.20 Å². The van der Waals surface area contributed by atoms with Crippen LogP contribution in [0.3, 0.4) is 0 Å². The molecule has 2 rings (SSSR count). The van der Waals surface area contributed by atoms with Crippen LogP contribution in [0.4, 0.5) is 5.82 Å². The van der Waals surface area contributed by atoms with Gasteiger partial charge in [0.05, 0.1) is 0 Å². The predicted molar refractivity (Wildman–Crippen MR) is 76.8 cm³/mol. The maximum absolute atomic E-state index is 4.59. The Bertz CT molecular complexity index is 355. The number of anilines is 1. The highest BCUT2D eigenvalue weighted by molar-refractivity contribution is 5.39. The van der Waals surface area contributed by atoms with E-state index in [0.29, 0.717) is 6.04 Å². The van der Waals surface area contributed by atoms with Crippen molar-refractivity contribution in [2.24, 2.45) is 5.92 Å². The number of nitrogens with zero attached hydrogens (tertiary/aromatic N) is 2. The molecule has 1 aliphatic rings. The van der Waals surface area contributed by atoms with Gasteiger partial charge in [0.25, 0.3) is 0 Å². The van der Waals surface area contributed by atoms with Gasteiger partial charge in [-0.05, 0) is 37.3 Å². The first-order valence-electron chi connectivity index (χ1n) is 7.12. The lowest BCUT2D eigenvalue weighted by molar-refractivity contribution is 0.588. The molecule has 0 saturated heterocycles. The Morgan fingerprint density at radius 1 is 1.39 bits per heavy atom. The smallest absolute Gasteiger partial charge is 0.128 e. The van der Waals surface area contributed by atoms with Crippen LogP contribution in [0.2, 0.25) is 0 Å². The molecule has 3 heteroatoms. The maximum atomic E-state index is 4.59. The predicted octanol–water partition coefficient (Wildman–Crippen LogP) is 2.82. The Morgan fingerprint density at radius 2 is 2.17 bits per heavy atom. The average molecular weight is 247 g/mol. The van der Waals surface area contributed by atoms with Gasteiger partial charge in [-0.1, -0.05) is 19.9 Å². The van der Waals surface area contributed by atoms with Gasteiger partial charge in [-0.3, -0.25) is 0 Å². The van der Waals surface area contributed by atoms with Crippen LogP contribution in [-0.2, 0) is 6.54 Å². The number of nitrogens with one attached hydrogen (secondary N) is 1. The van der Waals surface area contributed by atoms with Crippen molar-refractivity contribution in [3.8, 4) is 0 Å². The Morgan fingerprint density at radius 3 is 2.67 bits per heavy atom. The third-order valence-corrected chi connectivity index (χ3v) is 3.40. The average Bonchev–Trinajstić information content (AvgIpc) is 3.18. The molecule has 0 amide bonds. The van der Waals surface area contributed by atoms with Crippen LogP contribution < -0.4 is 10.2 Å². The molecule has 0 atom stereocenters. The van der Waals surface area contributed by atoms with Crippen LogP contribution in [0, 0.1) is 5.92 Å². The maximum Gasteiger partial charge on any atom is 0.128 e. The molecule has 0 aliphatic heterocycles. The molecule has 18 heavy (non-hydrogen) atoms. The van der Waals surface area contributed by atoms with E-state index in [9.17, 15) is 0 Å². The van der Waals surface area contributed by atoms with Crippen LogP contribution in [0.5, 0.6) is 0 Å². The molecule has 1 fully saturated rings. The van der Waals surface area contributed by atoms with Crippen molar-refractivity contribution in [3.63, 3.8) is 0 Å². The lowest BCUT2D eigenvalue weighted by atomic mass is 10.2. The summed E-state index contributed by atoms with van der Waals surface area (Å²) in [6.07, 6.45) is 4.79. The fourth-order valence-corrected chi connectivity index (χ4v) is 2.03. The normalized spacial score (nSPS) is 15.1. The summed E-state index contributed by atoms with van der Waals surface area (Å²) in [6, 6.07) is 4.86. The van der Waals surface area contributed by atoms with Crippen molar-refractivity contribution in [3.05, 3.63) is 23.9 Å². The van der Waals surface area contributed by atoms with E-state index < -0.39 is 0 Å². The highest BCUT2D eigenvalue weighted by Gasteiger charge is 2.24. The second kappa shape index (κ2) is 6.19. The zero-order chi connectivity index (χ0) is 13.0. The highest BCUT2D eigenvalue weighted by Crippen LogP contribution is 2.30. The second-order valence-corrected chi connectivity index (χ2v) is 5.54. The number of hydrogen-bond donors (Lipinski definition) is 1. The zero-order valence-electron chi connectivity index (χ0n) is 11.8. The first-order valence-corrected chi connectivity index (χ1v) is 7.12.